The summed E-state index contributed by atoms with van der Waals surface area (Å²) in [6.07, 6.45) is 2.25. The molecule has 0 amide bonds. The second kappa shape index (κ2) is 4.01. The van der Waals surface area contributed by atoms with E-state index in [1.54, 1.807) is 7.11 Å². The van der Waals surface area contributed by atoms with Crippen molar-refractivity contribution in [1.82, 2.24) is 5.32 Å². The highest BCUT2D eigenvalue weighted by Gasteiger charge is 2.35. The van der Waals surface area contributed by atoms with Crippen molar-refractivity contribution in [3.8, 4) is 0 Å². The van der Waals surface area contributed by atoms with Crippen LogP contribution < -0.4 is 5.32 Å². The van der Waals surface area contributed by atoms with E-state index in [0.29, 0.717) is 0 Å². The molecule has 1 aliphatic heterocycles. The van der Waals surface area contributed by atoms with Gasteiger partial charge in [-0.1, -0.05) is 6.92 Å². The topological polar surface area (TPSA) is 21.3 Å². The molecule has 1 aliphatic rings. The maximum Gasteiger partial charge on any atom is 0.0765 e. The van der Waals surface area contributed by atoms with Crippen molar-refractivity contribution in [3.05, 3.63) is 21.9 Å². The van der Waals surface area contributed by atoms with Crippen molar-refractivity contribution in [2.75, 3.05) is 20.3 Å². The van der Waals surface area contributed by atoms with Gasteiger partial charge in [-0.3, -0.25) is 0 Å². The molecule has 0 bridgehead atoms. The number of hydrogen-bond donors (Lipinski definition) is 1. The fourth-order valence-electron chi connectivity index (χ4n) is 2.22. The quantitative estimate of drug-likeness (QED) is 0.827. The molecule has 1 atom stereocenters. The van der Waals surface area contributed by atoms with Crippen LogP contribution in [0.15, 0.2) is 11.4 Å². The number of methoxy groups -OCH3 is 1. The van der Waals surface area contributed by atoms with E-state index in [4.69, 9.17) is 4.74 Å². The number of nitrogens with one attached hydrogen (secondary N) is 1. The summed E-state index contributed by atoms with van der Waals surface area (Å²) in [7, 11) is 1.78. The van der Waals surface area contributed by atoms with Crippen LogP contribution in [0.4, 0.5) is 0 Å². The van der Waals surface area contributed by atoms with Crippen LogP contribution in [0.3, 0.4) is 0 Å². The molecule has 1 aromatic heterocycles. The molecule has 0 spiro atoms. The largest absolute Gasteiger partial charge is 0.382 e. The van der Waals surface area contributed by atoms with Crippen LogP contribution in [0.25, 0.3) is 0 Å². The van der Waals surface area contributed by atoms with Gasteiger partial charge >= 0.3 is 0 Å². The van der Waals surface area contributed by atoms with Crippen molar-refractivity contribution in [2.45, 2.75) is 25.3 Å². The molecule has 0 fully saturated rings. The average molecular weight is 211 g/mol. The van der Waals surface area contributed by atoms with Crippen molar-refractivity contribution < 1.29 is 4.74 Å². The van der Waals surface area contributed by atoms with E-state index in [0.717, 1.165) is 26.0 Å². The van der Waals surface area contributed by atoms with E-state index in [9.17, 15) is 0 Å². The van der Waals surface area contributed by atoms with E-state index >= 15 is 0 Å². The van der Waals surface area contributed by atoms with Crippen LogP contribution in [0.5, 0.6) is 0 Å². The minimum atomic E-state index is 0.0799. The summed E-state index contributed by atoms with van der Waals surface area (Å²) in [5.74, 6) is 0. The number of fused-ring (bicyclic) bond motifs is 1. The first-order chi connectivity index (χ1) is 6.82. The van der Waals surface area contributed by atoms with Crippen LogP contribution in [0.1, 0.15) is 23.8 Å². The van der Waals surface area contributed by atoms with Gasteiger partial charge in [-0.25, -0.2) is 0 Å². The van der Waals surface area contributed by atoms with Crippen LogP contribution in [0, 0.1) is 0 Å². The molecule has 78 valence electrons. The number of hydrogen-bond acceptors (Lipinski definition) is 3. The normalized spacial score (nSPS) is 26.1. The summed E-state index contributed by atoms with van der Waals surface area (Å²) in [4.78, 5) is 1.48. The lowest BCUT2D eigenvalue weighted by atomic mass is 9.88. The monoisotopic (exact) mass is 211 g/mol. The Kier molecular flexibility index (Phi) is 2.91. The molecule has 2 rings (SSSR count). The van der Waals surface area contributed by atoms with Gasteiger partial charge in [-0.2, -0.15) is 0 Å². The maximum absolute atomic E-state index is 5.35. The Morgan fingerprint density at radius 1 is 1.64 bits per heavy atom. The lowest BCUT2D eigenvalue weighted by Gasteiger charge is -2.37. The van der Waals surface area contributed by atoms with E-state index in [-0.39, 0.29) is 5.54 Å². The number of ether oxygens (including phenoxy) is 1. The Morgan fingerprint density at radius 2 is 2.50 bits per heavy atom. The Morgan fingerprint density at radius 3 is 3.21 bits per heavy atom. The lowest BCUT2D eigenvalue weighted by Crippen LogP contribution is -2.49. The zero-order chi connectivity index (χ0) is 10.0. The smallest absolute Gasteiger partial charge is 0.0765 e. The van der Waals surface area contributed by atoms with E-state index in [2.05, 4.69) is 23.7 Å². The highest BCUT2D eigenvalue weighted by Crippen LogP contribution is 2.35. The zero-order valence-electron chi connectivity index (χ0n) is 8.80. The second-order valence-electron chi connectivity index (χ2n) is 3.82. The Hall–Kier alpha value is -0.380. The minimum absolute atomic E-state index is 0.0799. The predicted molar refractivity (Wildman–Crippen MR) is 59.9 cm³/mol. The summed E-state index contributed by atoms with van der Waals surface area (Å²) in [6.45, 7) is 4.07. The molecule has 0 aliphatic carbocycles. The lowest BCUT2D eigenvalue weighted by molar-refractivity contribution is 0.103. The van der Waals surface area contributed by atoms with Gasteiger partial charge in [0.2, 0.25) is 0 Å². The molecule has 1 unspecified atom stereocenters. The molecule has 3 heteroatoms. The van der Waals surface area contributed by atoms with Crippen LogP contribution in [0.2, 0.25) is 0 Å². The maximum atomic E-state index is 5.35. The van der Waals surface area contributed by atoms with Gasteiger partial charge in [0.1, 0.15) is 0 Å². The van der Waals surface area contributed by atoms with Crippen molar-refractivity contribution in [2.24, 2.45) is 0 Å². The molecular formula is C11H17NOS. The molecule has 0 saturated heterocycles. The van der Waals surface area contributed by atoms with E-state index in [1.807, 2.05) is 11.3 Å². The Balaban J connectivity index is 2.36. The molecule has 0 saturated carbocycles. The third kappa shape index (κ3) is 1.49. The third-order valence-electron chi connectivity index (χ3n) is 3.03. The molecule has 14 heavy (non-hydrogen) atoms. The van der Waals surface area contributed by atoms with Crippen LogP contribution in [-0.2, 0) is 16.7 Å². The molecule has 0 radical (unpaired) electrons. The van der Waals surface area contributed by atoms with Crippen molar-refractivity contribution >= 4 is 11.3 Å². The summed E-state index contributed by atoms with van der Waals surface area (Å²) in [5, 5.41) is 5.80. The van der Waals surface area contributed by atoms with Gasteiger partial charge in [0.25, 0.3) is 0 Å². The van der Waals surface area contributed by atoms with Gasteiger partial charge in [-0.05, 0) is 29.9 Å². The van der Waals surface area contributed by atoms with Gasteiger partial charge in [0.05, 0.1) is 12.1 Å². The van der Waals surface area contributed by atoms with Gasteiger partial charge in [-0.15, -0.1) is 11.3 Å². The highest BCUT2D eigenvalue weighted by atomic mass is 32.1. The first-order valence-corrected chi connectivity index (χ1v) is 6.01. The summed E-state index contributed by atoms with van der Waals surface area (Å²) in [5.41, 5.74) is 1.59. The molecule has 1 aromatic rings. The highest BCUT2D eigenvalue weighted by molar-refractivity contribution is 7.10. The minimum Gasteiger partial charge on any atom is -0.382 e. The third-order valence-corrected chi connectivity index (χ3v) is 4.19. The van der Waals surface area contributed by atoms with E-state index < -0.39 is 0 Å². The fraction of sp³-hybridized carbons (Fsp3) is 0.636. The second-order valence-corrected chi connectivity index (χ2v) is 4.74. The zero-order valence-corrected chi connectivity index (χ0v) is 9.62. The number of thiophene rings is 1. The Labute approximate surface area is 89.3 Å². The van der Waals surface area contributed by atoms with Crippen molar-refractivity contribution in [3.63, 3.8) is 0 Å². The molecule has 2 heterocycles. The van der Waals surface area contributed by atoms with Crippen molar-refractivity contribution in [1.29, 1.82) is 0 Å². The fourth-order valence-corrected chi connectivity index (χ4v) is 3.41. The summed E-state index contributed by atoms with van der Waals surface area (Å²) < 4.78 is 5.35. The average Bonchev–Trinajstić information content (AvgIpc) is 2.67. The van der Waals surface area contributed by atoms with Gasteiger partial charge < -0.3 is 10.1 Å². The standard InChI is InChI=1S/C11H17NOS/c1-3-11(8-13-2)10-9(4-6-12-11)5-7-14-10/h5,7,12H,3-4,6,8H2,1-2H3. The molecule has 1 N–H and O–H groups in total. The summed E-state index contributed by atoms with van der Waals surface area (Å²) >= 11 is 1.85. The summed E-state index contributed by atoms with van der Waals surface area (Å²) in [6, 6.07) is 2.25. The van der Waals surface area contributed by atoms with Gasteiger partial charge in [0.15, 0.2) is 0 Å². The molecular weight excluding hydrogens is 194 g/mol. The molecule has 0 aromatic carbocycles. The first-order valence-electron chi connectivity index (χ1n) is 5.13. The van der Waals surface area contributed by atoms with Crippen LogP contribution >= 0.6 is 11.3 Å². The molecule has 2 nitrogen and oxygen atoms in total. The van der Waals surface area contributed by atoms with Gasteiger partial charge in [0, 0.05) is 18.5 Å². The Bertz CT molecular complexity index is 310. The predicted octanol–water partition coefficient (Wildman–Crippen LogP) is 2.15. The van der Waals surface area contributed by atoms with Crippen LogP contribution in [-0.4, -0.2) is 20.3 Å². The SMILES string of the molecule is CCC1(COC)NCCc2ccsc21. The first kappa shape index (κ1) is 10.1. The van der Waals surface area contributed by atoms with E-state index in [1.165, 1.54) is 10.4 Å². The number of rotatable bonds is 3.